The molecule has 10 atom stereocenters. The zero-order valence-corrected chi connectivity index (χ0v) is 26.3. The standard InChI is InChI=1S/C33H40O11/c1-16-24(31(7)12-10-22(37)30(5,6)27(31)26(29(38)39-9)42-18(3)35)25(41-17(2)34)28(43-19(4)36)32(8)21(20-11-13-40-15-20)14-23-33(16,32)44-23/h10-13,15,21,23-28H,1,14H2,2-9H3/t21-,23+,24+,25-,26+,27+,28-,31+,32+,33+/m0/s1. The van der Waals surface area contributed by atoms with Crippen LogP contribution in [-0.4, -0.2) is 66.8 Å². The summed E-state index contributed by atoms with van der Waals surface area (Å²) in [5.41, 5.74) is -3.03. The topological polar surface area (TPSA) is 148 Å². The number of carbonyl (C=O) groups excluding carboxylic acids is 5. The van der Waals surface area contributed by atoms with Gasteiger partial charge in [-0.05, 0) is 29.7 Å². The van der Waals surface area contributed by atoms with Crippen LogP contribution in [0.4, 0.5) is 0 Å². The highest BCUT2D eigenvalue weighted by molar-refractivity contribution is 5.97. The van der Waals surface area contributed by atoms with Gasteiger partial charge in [0.1, 0.15) is 17.8 Å². The fourth-order valence-corrected chi connectivity index (χ4v) is 9.01. The normalized spacial score (nSPS) is 39.0. The van der Waals surface area contributed by atoms with Crippen LogP contribution in [0.1, 0.15) is 66.4 Å². The van der Waals surface area contributed by atoms with Crippen molar-refractivity contribution in [3.05, 3.63) is 48.5 Å². The quantitative estimate of drug-likeness (QED) is 0.191. The molecule has 0 unspecified atom stereocenters. The van der Waals surface area contributed by atoms with E-state index in [0.717, 1.165) is 5.56 Å². The third-order valence-corrected chi connectivity index (χ3v) is 10.7. The van der Waals surface area contributed by atoms with E-state index in [1.807, 2.05) is 13.0 Å². The Morgan fingerprint density at radius 2 is 1.68 bits per heavy atom. The number of furan rings is 1. The van der Waals surface area contributed by atoms with Crippen molar-refractivity contribution in [2.45, 2.75) is 90.8 Å². The number of allylic oxidation sites excluding steroid dienone is 2. The number of hydrogen-bond acceptors (Lipinski definition) is 11. The van der Waals surface area contributed by atoms with Crippen LogP contribution in [0.15, 0.2) is 47.3 Å². The molecule has 44 heavy (non-hydrogen) atoms. The van der Waals surface area contributed by atoms with Gasteiger partial charge in [-0.3, -0.25) is 19.2 Å². The molecule has 3 aliphatic carbocycles. The molecule has 11 heteroatoms. The van der Waals surface area contributed by atoms with E-state index in [-0.39, 0.29) is 17.8 Å². The Labute approximate surface area is 256 Å². The molecule has 1 aromatic rings. The van der Waals surface area contributed by atoms with Crippen LogP contribution in [0.5, 0.6) is 0 Å². The Morgan fingerprint density at radius 1 is 1.02 bits per heavy atom. The second kappa shape index (κ2) is 10.4. The van der Waals surface area contributed by atoms with Gasteiger partial charge in [-0.25, -0.2) is 4.79 Å². The number of methoxy groups -OCH3 is 1. The van der Waals surface area contributed by atoms with E-state index in [0.29, 0.717) is 12.0 Å². The second-order valence-electron chi connectivity index (χ2n) is 13.4. The number of ketones is 1. The van der Waals surface area contributed by atoms with Crippen LogP contribution in [0.2, 0.25) is 0 Å². The fourth-order valence-electron chi connectivity index (χ4n) is 9.01. The first-order valence-corrected chi connectivity index (χ1v) is 14.7. The minimum absolute atomic E-state index is 0.215. The van der Waals surface area contributed by atoms with Gasteiger partial charge < -0.3 is 28.1 Å². The smallest absolute Gasteiger partial charge is 0.347 e. The summed E-state index contributed by atoms with van der Waals surface area (Å²) in [5.74, 6) is -5.21. The van der Waals surface area contributed by atoms with Crippen molar-refractivity contribution in [3.8, 4) is 0 Å². The molecular weight excluding hydrogens is 572 g/mol. The summed E-state index contributed by atoms with van der Waals surface area (Å²) in [6.45, 7) is 15.4. The maximum atomic E-state index is 13.4. The lowest BCUT2D eigenvalue weighted by molar-refractivity contribution is -0.211. The van der Waals surface area contributed by atoms with E-state index in [1.165, 1.54) is 34.0 Å². The molecule has 0 amide bonds. The predicted molar refractivity (Wildman–Crippen MR) is 153 cm³/mol. The summed E-state index contributed by atoms with van der Waals surface area (Å²) in [7, 11) is 1.17. The van der Waals surface area contributed by atoms with Crippen LogP contribution < -0.4 is 0 Å². The highest BCUT2D eigenvalue weighted by atomic mass is 16.6. The molecule has 11 nitrogen and oxygen atoms in total. The summed E-state index contributed by atoms with van der Waals surface area (Å²) in [6, 6.07) is 1.85. The molecule has 1 aliphatic heterocycles. The van der Waals surface area contributed by atoms with Gasteiger partial charge in [0.05, 0.1) is 31.2 Å². The maximum absolute atomic E-state index is 13.4. The van der Waals surface area contributed by atoms with Gasteiger partial charge in [0.2, 0.25) is 6.10 Å². The fraction of sp³-hybridized carbons (Fsp3) is 0.606. The molecule has 1 saturated heterocycles. The van der Waals surface area contributed by atoms with Gasteiger partial charge in [-0.15, -0.1) is 0 Å². The first-order chi connectivity index (χ1) is 20.5. The molecular formula is C33H40O11. The number of epoxide rings is 1. The average molecular weight is 613 g/mol. The van der Waals surface area contributed by atoms with Crippen LogP contribution in [0, 0.1) is 28.1 Å². The molecule has 0 aromatic carbocycles. The van der Waals surface area contributed by atoms with Crippen LogP contribution >= 0.6 is 0 Å². The molecule has 2 saturated carbocycles. The zero-order chi connectivity index (χ0) is 32.6. The second-order valence-corrected chi connectivity index (χ2v) is 13.4. The van der Waals surface area contributed by atoms with Gasteiger partial charge in [0.25, 0.3) is 0 Å². The van der Waals surface area contributed by atoms with Gasteiger partial charge in [0.15, 0.2) is 5.78 Å². The monoisotopic (exact) mass is 612 g/mol. The molecule has 3 fully saturated rings. The summed E-state index contributed by atoms with van der Waals surface area (Å²) < 4.78 is 34.8. The summed E-state index contributed by atoms with van der Waals surface area (Å²) >= 11 is 0. The van der Waals surface area contributed by atoms with Crippen molar-refractivity contribution in [1.29, 1.82) is 0 Å². The number of rotatable bonds is 7. The molecule has 0 N–H and O–H groups in total. The lowest BCUT2D eigenvalue weighted by atomic mass is 9.46. The number of esters is 4. The van der Waals surface area contributed by atoms with Crippen molar-refractivity contribution in [2.75, 3.05) is 7.11 Å². The van der Waals surface area contributed by atoms with Crippen molar-refractivity contribution in [1.82, 2.24) is 0 Å². The van der Waals surface area contributed by atoms with E-state index >= 15 is 0 Å². The number of hydrogen-bond donors (Lipinski definition) is 0. The van der Waals surface area contributed by atoms with Gasteiger partial charge in [0, 0.05) is 49.4 Å². The summed E-state index contributed by atoms with van der Waals surface area (Å²) in [4.78, 5) is 64.7. The Kier molecular flexibility index (Phi) is 7.51. The predicted octanol–water partition coefficient (Wildman–Crippen LogP) is 3.85. The van der Waals surface area contributed by atoms with Gasteiger partial charge >= 0.3 is 23.9 Å². The molecule has 1 aromatic heterocycles. The Hall–Kier alpha value is -3.73. The molecule has 1 spiro atoms. The summed E-state index contributed by atoms with van der Waals surface area (Å²) in [6.07, 6.45) is 2.88. The molecule has 2 heterocycles. The van der Waals surface area contributed by atoms with E-state index in [2.05, 4.69) is 6.58 Å². The Bertz CT molecular complexity index is 1440. The van der Waals surface area contributed by atoms with E-state index in [4.69, 9.17) is 28.1 Å². The Balaban J connectivity index is 1.77. The van der Waals surface area contributed by atoms with Crippen molar-refractivity contribution in [3.63, 3.8) is 0 Å². The van der Waals surface area contributed by atoms with E-state index in [9.17, 15) is 24.0 Å². The molecule has 5 rings (SSSR count). The average Bonchev–Trinajstić information content (AvgIpc) is 3.27. The molecule has 0 radical (unpaired) electrons. The molecule has 238 valence electrons. The van der Waals surface area contributed by atoms with Gasteiger partial charge in [-0.2, -0.15) is 0 Å². The largest absolute Gasteiger partial charge is 0.472 e. The van der Waals surface area contributed by atoms with Crippen LogP contribution in [0.25, 0.3) is 0 Å². The van der Waals surface area contributed by atoms with E-state index < -0.39 is 75.9 Å². The highest BCUT2D eigenvalue weighted by Crippen LogP contribution is 2.76. The maximum Gasteiger partial charge on any atom is 0.347 e. The van der Waals surface area contributed by atoms with Crippen LogP contribution in [0.3, 0.4) is 0 Å². The van der Waals surface area contributed by atoms with Crippen molar-refractivity contribution >= 4 is 29.7 Å². The lowest BCUT2D eigenvalue weighted by Gasteiger charge is -2.60. The van der Waals surface area contributed by atoms with E-state index in [1.54, 1.807) is 39.4 Å². The summed E-state index contributed by atoms with van der Waals surface area (Å²) in [5, 5.41) is 0. The van der Waals surface area contributed by atoms with Crippen molar-refractivity contribution < 1.29 is 52.1 Å². The Morgan fingerprint density at radius 3 is 2.23 bits per heavy atom. The third kappa shape index (κ3) is 4.29. The first kappa shape index (κ1) is 31.7. The zero-order valence-electron chi connectivity index (χ0n) is 26.3. The van der Waals surface area contributed by atoms with Crippen LogP contribution in [-0.2, 0) is 47.7 Å². The molecule has 0 bridgehead atoms. The minimum atomic E-state index is -1.51. The lowest BCUT2D eigenvalue weighted by Crippen LogP contribution is -2.67. The third-order valence-electron chi connectivity index (χ3n) is 10.7. The molecule has 4 aliphatic rings. The number of carbonyl (C=O) groups is 5. The highest BCUT2D eigenvalue weighted by Gasteiger charge is 2.84. The minimum Gasteiger partial charge on any atom is -0.472 e. The SMILES string of the molecule is C=C1[C@@H]([C@@]2(C)C=CC(=O)C(C)(C)[C@H]2[C@@H](OC(C)=O)C(=O)OC)[C@H](OC(C)=O)[C@H](OC(C)=O)[C@@]2(C)[C@H](c3ccoc3)C[C@H]3O[C@]132. The van der Waals surface area contributed by atoms with Gasteiger partial charge in [-0.1, -0.05) is 40.3 Å². The van der Waals surface area contributed by atoms with Crippen molar-refractivity contribution in [2.24, 2.45) is 28.1 Å². The number of ether oxygens (including phenoxy) is 5. The first-order valence-electron chi connectivity index (χ1n) is 14.7.